The van der Waals surface area contributed by atoms with Crippen LogP contribution in [-0.4, -0.2) is 20.4 Å². The first kappa shape index (κ1) is 20.6. The van der Waals surface area contributed by atoms with E-state index in [4.69, 9.17) is 17.3 Å². The van der Waals surface area contributed by atoms with E-state index >= 15 is 0 Å². The highest BCUT2D eigenvalue weighted by atomic mass is 35.5. The van der Waals surface area contributed by atoms with Gasteiger partial charge in [0.15, 0.2) is 11.5 Å². The van der Waals surface area contributed by atoms with Crippen LogP contribution in [0, 0.1) is 6.92 Å². The number of nitrogens with two attached hydrogens (primary N) is 1. The van der Waals surface area contributed by atoms with Gasteiger partial charge in [0.25, 0.3) is 11.5 Å². The molecule has 7 nitrogen and oxygen atoms in total. The second-order valence-electron chi connectivity index (χ2n) is 7.19. The Hall–Kier alpha value is -3.71. The third-order valence-electron chi connectivity index (χ3n) is 4.97. The SMILES string of the molecule is Cc1cnc(C(=O)N[C@@H](C)c2cc3cccc(Cl)c3c(=O)n2-c2ccccc2)c(N)n1. The number of benzene rings is 2. The summed E-state index contributed by atoms with van der Waals surface area (Å²) in [6.45, 7) is 3.53. The zero-order valence-corrected chi connectivity index (χ0v) is 17.7. The molecule has 8 heteroatoms. The molecule has 0 radical (unpaired) electrons. The van der Waals surface area contributed by atoms with Gasteiger partial charge < -0.3 is 11.1 Å². The van der Waals surface area contributed by atoms with Crippen LogP contribution in [0.1, 0.15) is 34.8 Å². The molecule has 156 valence electrons. The molecule has 0 aliphatic rings. The van der Waals surface area contributed by atoms with Crippen LogP contribution in [0.2, 0.25) is 5.02 Å². The number of hydrogen-bond donors (Lipinski definition) is 2. The summed E-state index contributed by atoms with van der Waals surface area (Å²) < 4.78 is 1.56. The fourth-order valence-corrected chi connectivity index (χ4v) is 3.77. The first-order valence-electron chi connectivity index (χ1n) is 9.66. The monoisotopic (exact) mass is 433 g/mol. The smallest absolute Gasteiger partial charge is 0.274 e. The van der Waals surface area contributed by atoms with Crippen molar-refractivity contribution in [3.05, 3.63) is 93.3 Å². The van der Waals surface area contributed by atoms with E-state index in [9.17, 15) is 9.59 Å². The van der Waals surface area contributed by atoms with Crippen LogP contribution in [0.4, 0.5) is 5.82 Å². The molecule has 0 spiro atoms. The second-order valence-corrected chi connectivity index (χ2v) is 7.60. The van der Waals surface area contributed by atoms with Gasteiger partial charge in [-0.1, -0.05) is 41.9 Å². The van der Waals surface area contributed by atoms with Crippen molar-refractivity contribution >= 4 is 34.1 Å². The lowest BCUT2D eigenvalue weighted by Crippen LogP contribution is -2.33. The van der Waals surface area contributed by atoms with Crippen molar-refractivity contribution in [3.63, 3.8) is 0 Å². The summed E-state index contributed by atoms with van der Waals surface area (Å²) in [4.78, 5) is 34.4. The third kappa shape index (κ3) is 3.87. The predicted molar refractivity (Wildman–Crippen MR) is 122 cm³/mol. The molecule has 3 N–H and O–H groups in total. The number of nitrogen functional groups attached to an aromatic ring is 1. The number of carbonyl (C=O) groups excluding carboxylic acids is 1. The van der Waals surface area contributed by atoms with E-state index in [1.807, 2.05) is 42.5 Å². The van der Waals surface area contributed by atoms with Crippen molar-refractivity contribution < 1.29 is 4.79 Å². The number of para-hydroxylation sites is 1. The molecule has 0 bridgehead atoms. The van der Waals surface area contributed by atoms with Crippen LogP contribution < -0.4 is 16.6 Å². The summed E-state index contributed by atoms with van der Waals surface area (Å²) in [5.74, 6) is -0.425. The molecule has 0 saturated heterocycles. The van der Waals surface area contributed by atoms with Gasteiger partial charge in [0, 0.05) is 17.6 Å². The minimum absolute atomic E-state index is 0.0369. The van der Waals surface area contributed by atoms with E-state index in [1.54, 1.807) is 30.5 Å². The number of rotatable bonds is 4. The zero-order chi connectivity index (χ0) is 22.1. The standard InChI is InChI=1S/C23H20ClN5O2/c1-13-12-26-20(21(25)27-13)22(30)28-14(2)18-11-15-7-6-10-17(24)19(15)23(31)29(18)16-8-4-3-5-9-16/h3-12,14H,1-2H3,(H2,25,27)(H,28,30)/t14-/m0/s1. The van der Waals surface area contributed by atoms with Crippen LogP contribution in [-0.2, 0) is 0 Å². The average molecular weight is 434 g/mol. The Kier molecular flexibility index (Phi) is 5.44. The molecule has 0 saturated carbocycles. The van der Waals surface area contributed by atoms with E-state index in [2.05, 4.69) is 15.3 Å². The molecule has 4 aromatic rings. The fourth-order valence-electron chi connectivity index (χ4n) is 3.51. The number of halogens is 1. The molecule has 1 atom stereocenters. The summed E-state index contributed by atoms with van der Waals surface area (Å²) in [7, 11) is 0. The highest BCUT2D eigenvalue weighted by molar-refractivity contribution is 6.35. The maximum absolute atomic E-state index is 13.4. The van der Waals surface area contributed by atoms with Gasteiger partial charge in [0.05, 0.1) is 22.1 Å². The molecule has 1 amide bonds. The minimum Gasteiger partial charge on any atom is -0.382 e. The molecule has 0 unspecified atom stereocenters. The number of amides is 1. The number of pyridine rings is 1. The summed E-state index contributed by atoms with van der Waals surface area (Å²) in [6, 6.07) is 15.8. The second kappa shape index (κ2) is 8.20. The zero-order valence-electron chi connectivity index (χ0n) is 17.0. The Labute approximate surface area is 183 Å². The molecule has 4 rings (SSSR count). The Balaban J connectivity index is 1.84. The van der Waals surface area contributed by atoms with Crippen molar-refractivity contribution in [1.82, 2.24) is 19.9 Å². The van der Waals surface area contributed by atoms with Crippen molar-refractivity contribution in [2.75, 3.05) is 5.73 Å². The van der Waals surface area contributed by atoms with Crippen molar-refractivity contribution in [2.24, 2.45) is 0 Å². The predicted octanol–water partition coefficient (Wildman–Crippen LogP) is 3.82. The normalized spacial score (nSPS) is 12.0. The number of nitrogens with zero attached hydrogens (tertiary/aromatic N) is 3. The van der Waals surface area contributed by atoms with Crippen LogP contribution in [0.25, 0.3) is 16.5 Å². The van der Waals surface area contributed by atoms with Gasteiger partial charge in [0.1, 0.15) is 0 Å². The van der Waals surface area contributed by atoms with Gasteiger partial charge in [-0.05, 0) is 43.5 Å². The van der Waals surface area contributed by atoms with Crippen LogP contribution in [0.5, 0.6) is 0 Å². The van der Waals surface area contributed by atoms with E-state index in [0.717, 1.165) is 0 Å². The molecule has 31 heavy (non-hydrogen) atoms. The summed E-state index contributed by atoms with van der Waals surface area (Å²) in [5, 5.41) is 4.36. The summed E-state index contributed by atoms with van der Waals surface area (Å²) in [5.41, 5.74) is 7.52. The molecule has 0 fully saturated rings. The number of nitrogens with one attached hydrogen (secondary N) is 1. The van der Waals surface area contributed by atoms with E-state index < -0.39 is 11.9 Å². The van der Waals surface area contributed by atoms with Crippen molar-refractivity contribution in [1.29, 1.82) is 0 Å². The fraction of sp³-hybridized carbons (Fsp3) is 0.130. The quantitative estimate of drug-likeness (QED) is 0.509. The number of carbonyl (C=O) groups is 1. The topological polar surface area (TPSA) is 103 Å². The lowest BCUT2D eigenvalue weighted by Gasteiger charge is -2.21. The maximum atomic E-state index is 13.4. The molecular formula is C23H20ClN5O2. The number of aryl methyl sites for hydroxylation is 1. The Morgan fingerprint density at radius 3 is 2.61 bits per heavy atom. The molecule has 2 heterocycles. The number of hydrogen-bond acceptors (Lipinski definition) is 5. The van der Waals surface area contributed by atoms with Crippen LogP contribution in [0.3, 0.4) is 0 Å². The van der Waals surface area contributed by atoms with E-state index in [0.29, 0.717) is 32.9 Å². The number of aromatic nitrogens is 3. The van der Waals surface area contributed by atoms with Gasteiger partial charge >= 0.3 is 0 Å². The molecule has 0 aliphatic carbocycles. The van der Waals surface area contributed by atoms with Gasteiger partial charge in [0.2, 0.25) is 0 Å². The molecular weight excluding hydrogens is 414 g/mol. The molecule has 2 aromatic carbocycles. The number of anilines is 1. The first-order valence-corrected chi connectivity index (χ1v) is 10.0. The Bertz CT molecular complexity index is 1350. The summed E-state index contributed by atoms with van der Waals surface area (Å²) in [6.07, 6.45) is 1.48. The van der Waals surface area contributed by atoms with E-state index in [-0.39, 0.29) is 17.1 Å². The number of fused-ring (bicyclic) bond motifs is 1. The van der Waals surface area contributed by atoms with Gasteiger partial charge in [-0.2, -0.15) is 0 Å². The molecule has 2 aromatic heterocycles. The Morgan fingerprint density at radius 1 is 1.16 bits per heavy atom. The van der Waals surface area contributed by atoms with Crippen LogP contribution in [0.15, 0.2) is 65.6 Å². The molecule has 0 aliphatic heterocycles. The highest BCUT2D eigenvalue weighted by Gasteiger charge is 2.21. The maximum Gasteiger partial charge on any atom is 0.274 e. The van der Waals surface area contributed by atoms with Gasteiger partial charge in [-0.15, -0.1) is 0 Å². The lowest BCUT2D eigenvalue weighted by molar-refractivity contribution is 0.0934. The van der Waals surface area contributed by atoms with Crippen LogP contribution >= 0.6 is 11.6 Å². The highest BCUT2D eigenvalue weighted by Crippen LogP contribution is 2.25. The summed E-state index contributed by atoms with van der Waals surface area (Å²) >= 11 is 6.34. The van der Waals surface area contributed by atoms with Gasteiger partial charge in [-0.25, -0.2) is 9.97 Å². The van der Waals surface area contributed by atoms with Gasteiger partial charge in [-0.3, -0.25) is 14.2 Å². The lowest BCUT2D eigenvalue weighted by atomic mass is 10.1. The minimum atomic E-state index is -0.536. The van der Waals surface area contributed by atoms with E-state index in [1.165, 1.54) is 6.20 Å². The third-order valence-corrected chi connectivity index (χ3v) is 5.28. The van der Waals surface area contributed by atoms with Crippen molar-refractivity contribution in [3.8, 4) is 5.69 Å². The largest absolute Gasteiger partial charge is 0.382 e. The Morgan fingerprint density at radius 2 is 1.90 bits per heavy atom. The first-order chi connectivity index (χ1) is 14.9. The van der Waals surface area contributed by atoms with Crippen molar-refractivity contribution in [2.45, 2.75) is 19.9 Å². The average Bonchev–Trinajstić information content (AvgIpc) is 2.74.